The molecule has 2 heterocycles. The molecule has 0 aromatic heterocycles. The van der Waals surface area contributed by atoms with Crippen LogP contribution in [0.2, 0.25) is 0 Å². The number of benzene rings is 1. The number of hydrogen-bond donors (Lipinski definition) is 1. The molecule has 1 aromatic carbocycles. The third-order valence-corrected chi connectivity index (χ3v) is 5.83. The lowest BCUT2D eigenvalue weighted by atomic mass is 9.68. The summed E-state index contributed by atoms with van der Waals surface area (Å²) in [5.74, 6) is -1.12. The second-order valence-electron chi connectivity index (χ2n) is 9.41. The van der Waals surface area contributed by atoms with E-state index in [0.717, 1.165) is 0 Å². The fourth-order valence-electron chi connectivity index (χ4n) is 4.63. The molecule has 0 amide bonds. The van der Waals surface area contributed by atoms with E-state index in [2.05, 4.69) is 5.32 Å². The Bertz CT molecular complexity index is 1100. The number of carbonyl (C=O) groups is 2. The molecule has 0 fully saturated rings. The van der Waals surface area contributed by atoms with Gasteiger partial charge >= 0.3 is 5.97 Å². The van der Waals surface area contributed by atoms with Gasteiger partial charge in [-0.1, -0.05) is 13.8 Å². The summed E-state index contributed by atoms with van der Waals surface area (Å²) < 4.78 is 16.2. The average molecular weight is 442 g/mol. The number of ether oxygens (including phenoxy) is 3. The summed E-state index contributed by atoms with van der Waals surface area (Å²) in [6.07, 6.45) is 0.451. The third-order valence-electron chi connectivity index (χ3n) is 5.83. The van der Waals surface area contributed by atoms with Gasteiger partial charge in [0.05, 0.1) is 28.6 Å². The van der Waals surface area contributed by atoms with E-state index in [1.807, 2.05) is 13.8 Å². The van der Waals surface area contributed by atoms with Crippen molar-refractivity contribution in [1.82, 2.24) is 5.32 Å². The highest BCUT2D eigenvalue weighted by Crippen LogP contribution is 2.51. The highest BCUT2D eigenvalue weighted by Gasteiger charge is 2.45. The van der Waals surface area contributed by atoms with E-state index < -0.39 is 22.9 Å². The van der Waals surface area contributed by atoms with E-state index in [-0.39, 0.29) is 47.0 Å². The summed E-state index contributed by atoms with van der Waals surface area (Å²) in [4.78, 5) is 38.0. The molecule has 2 aliphatic heterocycles. The molecular formula is C23H26N2O7. The van der Waals surface area contributed by atoms with E-state index in [0.29, 0.717) is 29.1 Å². The SMILES string of the molecule is CC1=C(C(=O)OC(C)C)[C@H](c2cc3c(cc2[N+](=O)[O-])OCO3)C2=C(CC(C)(C)CC2=O)N1. The number of hydrogen-bond acceptors (Lipinski definition) is 8. The van der Waals surface area contributed by atoms with Crippen molar-refractivity contribution >= 4 is 17.4 Å². The highest BCUT2D eigenvalue weighted by molar-refractivity contribution is 6.04. The summed E-state index contributed by atoms with van der Waals surface area (Å²) in [6, 6.07) is 2.79. The van der Waals surface area contributed by atoms with Crippen molar-refractivity contribution in [2.75, 3.05) is 6.79 Å². The minimum Gasteiger partial charge on any atom is -0.460 e. The van der Waals surface area contributed by atoms with Crippen LogP contribution >= 0.6 is 0 Å². The fourth-order valence-corrected chi connectivity index (χ4v) is 4.63. The first-order chi connectivity index (χ1) is 15.0. The Morgan fingerprint density at radius 3 is 2.53 bits per heavy atom. The normalized spacial score (nSPS) is 21.4. The number of fused-ring (bicyclic) bond motifs is 1. The lowest BCUT2D eigenvalue weighted by molar-refractivity contribution is -0.385. The van der Waals surface area contributed by atoms with E-state index in [1.54, 1.807) is 20.8 Å². The van der Waals surface area contributed by atoms with Crippen molar-refractivity contribution in [3.63, 3.8) is 0 Å². The van der Waals surface area contributed by atoms with E-state index in [1.165, 1.54) is 12.1 Å². The Balaban J connectivity index is 1.97. The Morgan fingerprint density at radius 2 is 1.91 bits per heavy atom. The molecule has 0 unspecified atom stereocenters. The van der Waals surface area contributed by atoms with Gasteiger partial charge in [-0.25, -0.2) is 4.79 Å². The topological polar surface area (TPSA) is 117 Å². The Labute approximate surface area is 185 Å². The maximum absolute atomic E-state index is 13.3. The molecule has 3 aliphatic rings. The smallest absolute Gasteiger partial charge is 0.337 e. The zero-order chi connectivity index (χ0) is 23.4. The maximum atomic E-state index is 13.3. The molecule has 1 aromatic rings. The largest absolute Gasteiger partial charge is 0.460 e. The summed E-state index contributed by atoms with van der Waals surface area (Å²) in [6.45, 7) is 9.10. The second-order valence-corrected chi connectivity index (χ2v) is 9.41. The third kappa shape index (κ3) is 3.72. The molecule has 1 aliphatic carbocycles. The number of nitrogens with zero attached hydrogens (tertiary/aromatic N) is 1. The molecule has 32 heavy (non-hydrogen) atoms. The number of allylic oxidation sites excluding steroid dienone is 3. The number of dihydropyridines is 1. The summed E-state index contributed by atoms with van der Waals surface area (Å²) >= 11 is 0. The van der Waals surface area contributed by atoms with Crippen LogP contribution in [0, 0.1) is 15.5 Å². The molecule has 0 saturated heterocycles. The van der Waals surface area contributed by atoms with Crippen LogP contribution in [-0.4, -0.2) is 29.6 Å². The van der Waals surface area contributed by atoms with Gasteiger partial charge in [0.25, 0.3) is 5.69 Å². The van der Waals surface area contributed by atoms with Gasteiger partial charge in [-0.3, -0.25) is 14.9 Å². The average Bonchev–Trinajstić information content (AvgIpc) is 3.11. The van der Waals surface area contributed by atoms with Gasteiger partial charge in [-0.05, 0) is 38.7 Å². The van der Waals surface area contributed by atoms with Gasteiger partial charge in [-0.2, -0.15) is 0 Å². The Morgan fingerprint density at radius 1 is 1.25 bits per heavy atom. The van der Waals surface area contributed by atoms with E-state index in [9.17, 15) is 19.7 Å². The highest BCUT2D eigenvalue weighted by atomic mass is 16.7. The number of esters is 1. The lowest BCUT2D eigenvalue weighted by Crippen LogP contribution is -2.39. The predicted octanol–water partition coefficient (Wildman–Crippen LogP) is 3.88. The van der Waals surface area contributed by atoms with E-state index >= 15 is 0 Å². The number of nitrogens with one attached hydrogen (secondary N) is 1. The first-order valence-corrected chi connectivity index (χ1v) is 10.5. The van der Waals surface area contributed by atoms with Crippen molar-refractivity contribution in [2.45, 2.75) is 59.5 Å². The zero-order valence-electron chi connectivity index (χ0n) is 18.7. The molecule has 1 N–H and O–H groups in total. The molecule has 0 saturated carbocycles. The number of ketones is 1. The summed E-state index contributed by atoms with van der Waals surface area (Å²) in [7, 11) is 0. The van der Waals surface area contributed by atoms with Crippen LogP contribution in [0.15, 0.2) is 34.7 Å². The number of rotatable bonds is 4. The lowest BCUT2D eigenvalue weighted by Gasteiger charge is -2.39. The number of nitro groups is 1. The van der Waals surface area contributed by atoms with Crippen LogP contribution in [-0.2, 0) is 14.3 Å². The number of carbonyl (C=O) groups excluding carboxylic acids is 2. The monoisotopic (exact) mass is 442 g/mol. The molecule has 170 valence electrons. The van der Waals surface area contributed by atoms with Crippen LogP contribution in [0.25, 0.3) is 0 Å². The van der Waals surface area contributed by atoms with Crippen molar-refractivity contribution in [1.29, 1.82) is 0 Å². The van der Waals surface area contributed by atoms with Gasteiger partial charge < -0.3 is 19.5 Å². The van der Waals surface area contributed by atoms with Crippen LogP contribution in [0.4, 0.5) is 5.69 Å². The van der Waals surface area contributed by atoms with Crippen LogP contribution in [0.1, 0.15) is 58.9 Å². The van der Waals surface area contributed by atoms with Gasteiger partial charge in [0.2, 0.25) is 6.79 Å². The van der Waals surface area contributed by atoms with Crippen LogP contribution in [0.3, 0.4) is 0 Å². The molecule has 0 spiro atoms. The molecule has 1 atom stereocenters. The van der Waals surface area contributed by atoms with Gasteiger partial charge in [0.15, 0.2) is 17.3 Å². The molecule has 0 radical (unpaired) electrons. The first-order valence-electron chi connectivity index (χ1n) is 10.5. The predicted molar refractivity (Wildman–Crippen MR) is 114 cm³/mol. The summed E-state index contributed by atoms with van der Waals surface area (Å²) in [5, 5.41) is 15.2. The van der Waals surface area contributed by atoms with Crippen LogP contribution < -0.4 is 14.8 Å². The molecule has 9 nitrogen and oxygen atoms in total. The zero-order valence-corrected chi connectivity index (χ0v) is 18.7. The minimum atomic E-state index is -0.948. The van der Waals surface area contributed by atoms with Gasteiger partial charge in [0.1, 0.15) is 0 Å². The van der Waals surface area contributed by atoms with Gasteiger partial charge in [0, 0.05) is 29.0 Å². The quantitative estimate of drug-likeness (QED) is 0.424. The molecule has 9 heteroatoms. The minimum absolute atomic E-state index is 0.0552. The summed E-state index contributed by atoms with van der Waals surface area (Å²) in [5.41, 5.74) is 1.44. The first kappa shape index (κ1) is 21.9. The Hall–Kier alpha value is -3.36. The van der Waals surface area contributed by atoms with Crippen molar-refractivity contribution < 1.29 is 28.7 Å². The Kier molecular flexibility index (Phi) is 5.22. The second kappa shape index (κ2) is 7.65. The fraction of sp³-hybridized carbons (Fsp3) is 0.478. The van der Waals surface area contributed by atoms with Crippen molar-refractivity contribution in [3.05, 3.63) is 50.4 Å². The molecule has 4 rings (SSSR count). The molecular weight excluding hydrogens is 416 g/mol. The molecule has 0 bridgehead atoms. The standard InChI is InChI=1S/C23H26N2O7/c1-11(2)32-22(27)19-12(3)24-14-8-23(4,5)9-16(26)21(14)20(19)13-6-17-18(31-10-30-17)7-15(13)25(28)29/h6-7,11,20,24H,8-10H2,1-5H3/t20-/m0/s1. The van der Waals surface area contributed by atoms with Crippen LogP contribution in [0.5, 0.6) is 11.5 Å². The van der Waals surface area contributed by atoms with Gasteiger partial charge in [-0.15, -0.1) is 0 Å². The van der Waals surface area contributed by atoms with E-state index in [4.69, 9.17) is 14.2 Å². The number of Topliss-reactive ketones (excluding diaryl/α,β-unsaturated/α-hetero) is 1. The number of nitro benzene ring substituents is 1. The maximum Gasteiger partial charge on any atom is 0.337 e. The van der Waals surface area contributed by atoms with Crippen molar-refractivity contribution in [3.8, 4) is 11.5 Å². The van der Waals surface area contributed by atoms with Crippen molar-refractivity contribution in [2.24, 2.45) is 5.41 Å².